The van der Waals surface area contributed by atoms with E-state index in [2.05, 4.69) is 0 Å². The van der Waals surface area contributed by atoms with Crippen LogP contribution in [-0.2, 0) is 0 Å². The third-order valence-corrected chi connectivity index (χ3v) is 3.46. The Labute approximate surface area is 130 Å². The molecule has 0 radical (unpaired) electrons. The number of hydrogen-bond acceptors (Lipinski definition) is 4. The highest BCUT2D eigenvalue weighted by Crippen LogP contribution is 2.26. The number of nitro benzene ring substituents is 1. The Morgan fingerprint density at radius 3 is 2.43 bits per heavy atom. The second-order valence-electron chi connectivity index (χ2n) is 4.22. The lowest BCUT2D eigenvalue weighted by atomic mass is 10.2. The third-order valence-electron chi connectivity index (χ3n) is 2.72. The first-order valence-corrected chi connectivity index (χ1v) is 6.56. The summed E-state index contributed by atoms with van der Waals surface area (Å²) in [6.45, 7) is 1.77. The first kappa shape index (κ1) is 15.3. The summed E-state index contributed by atoms with van der Waals surface area (Å²) in [5.41, 5.74) is 0.446. The second-order valence-corrected chi connectivity index (χ2v) is 5.04. The zero-order chi connectivity index (χ0) is 15.6. The number of esters is 1. The van der Waals surface area contributed by atoms with Gasteiger partial charge < -0.3 is 4.74 Å². The Balaban J connectivity index is 2.26. The zero-order valence-electron chi connectivity index (χ0n) is 10.8. The van der Waals surface area contributed by atoms with E-state index in [4.69, 9.17) is 27.9 Å². The first-order chi connectivity index (χ1) is 9.88. The van der Waals surface area contributed by atoms with Crippen LogP contribution in [0.2, 0.25) is 10.0 Å². The number of carbonyl (C=O) groups is 1. The fourth-order valence-corrected chi connectivity index (χ4v) is 1.93. The third kappa shape index (κ3) is 3.51. The van der Waals surface area contributed by atoms with Gasteiger partial charge in [0, 0.05) is 11.1 Å². The van der Waals surface area contributed by atoms with Gasteiger partial charge in [-0.1, -0.05) is 23.2 Å². The molecule has 0 aliphatic rings. The molecule has 5 nitrogen and oxygen atoms in total. The molecule has 108 valence electrons. The lowest BCUT2D eigenvalue weighted by molar-refractivity contribution is -0.384. The van der Waals surface area contributed by atoms with E-state index in [0.29, 0.717) is 10.8 Å². The average Bonchev–Trinajstić information content (AvgIpc) is 2.43. The molecule has 7 heteroatoms. The van der Waals surface area contributed by atoms with Gasteiger partial charge >= 0.3 is 5.97 Å². The minimum absolute atomic E-state index is 0.0405. The highest BCUT2D eigenvalue weighted by atomic mass is 35.5. The molecule has 0 fully saturated rings. The number of nitrogens with zero attached hydrogens (tertiary/aromatic N) is 1. The molecule has 0 aliphatic carbocycles. The molecule has 2 aromatic rings. The normalized spacial score (nSPS) is 10.2. The molecule has 2 aromatic carbocycles. The Hall–Kier alpha value is -2.11. The summed E-state index contributed by atoms with van der Waals surface area (Å²) >= 11 is 11.6. The Morgan fingerprint density at radius 2 is 1.81 bits per heavy atom. The van der Waals surface area contributed by atoms with Crippen LogP contribution in [0.4, 0.5) is 5.69 Å². The van der Waals surface area contributed by atoms with E-state index < -0.39 is 10.9 Å². The zero-order valence-corrected chi connectivity index (χ0v) is 12.3. The lowest BCUT2D eigenvalue weighted by Gasteiger charge is -2.06. The van der Waals surface area contributed by atoms with Crippen molar-refractivity contribution in [2.24, 2.45) is 0 Å². The molecule has 0 atom stereocenters. The van der Waals surface area contributed by atoms with E-state index in [-0.39, 0.29) is 16.3 Å². The molecule has 0 aliphatic heterocycles. The van der Waals surface area contributed by atoms with Gasteiger partial charge in [-0.05, 0) is 42.8 Å². The molecule has 0 amide bonds. The number of aryl methyl sites for hydroxylation is 1. The predicted octanol–water partition coefficient (Wildman–Crippen LogP) is 4.43. The Morgan fingerprint density at radius 1 is 1.14 bits per heavy atom. The number of carbonyl (C=O) groups excluding carboxylic acids is 1. The number of hydrogen-bond donors (Lipinski definition) is 0. The van der Waals surface area contributed by atoms with Crippen LogP contribution >= 0.6 is 23.2 Å². The van der Waals surface area contributed by atoms with Crippen molar-refractivity contribution in [2.45, 2.75) is 6.92 Å². The number of rotatable bonds is 3. The van der Waals surface area contributed by atoms with Gasteiger partial charge in [-0.2, -0.15) is 0 Å². The van der Waals surface area contributed by atoms with E-state index in [1.54, 1.807) is 19.1 Å². The van der Waals surface area contributed by atoms with Gasteiger partial charge in [0.25, 0.3) is 5.69 Å². The number of halogens is 2. The SMILES string of the molecule is Cc1cc(OC(=O)c2ccc(Cl)c([N+](=O)[O-])c2)ccc1Cl. The molecule has 0 saturated carbocycles. The van der Waals surface area contributed by atoms with Crippen LogP contribution in [-0.4, -0.2) is 10.9 Å². The summed E-state index contributed by atoms with van der Waals surface area (Å²) in [6, 6.07) is 8.46. The largest absolute Gasteiger partial charge is 0.423 e. The maximum absolute atomic E-state index is 12.0. The van der Waals surface area contributed by atoms with Crippen LogP contribution in [0.25, 0.3) is 0 Å². The summed E-state index contributed by atoms with van der Waals surface area (Å²) < 4.78 is 5.15. The fourth-order valence-electron chi connectivity index (χ4n) is 1.63. The molecule has 0 unspecified atom stereocenters. The first-order valence-electron chi connectivity index (χ1n) is 5.81. The smallest absolute Gasteiger partial charge is 0.343 e. The van der Waals surface area contributed by atoms with Crippen molar-refractivity contribution in [3.63, 3.8) is 0 Å². The van der Waals surface area contributed by atoms with E-state index in [9.17, 15) is 14.9 Å². The molecule has 0 saturated heterocycles. The topological polar surface area (TPSA) is 69.4 Å². The standard InChI is InChI=1S/C14H9Cl2NO4/c1-8-6-10(3-5-11(8)15)21-14(18)9-2-4-12(16)13(7-9)17(19)20/h2-7H,1H3. The summed E-state index contributed by atoms with van der Waals surface area (Å²) in [6.07, 6.45) is 0. The van der Waals surface area contributed by atoms with Crippen molar-refractivity contribution in [1.82, 2.24) is 0 Å². The summed E-state index contributed by atoms with van der Waals surface area (Å²) in [5.74, 6) is -0.406. The Bertz CT molecular complexity index is 731. The number of benzene rings is 2. The quantitative estimate of drug-likeness (QED) is 0.362. The molecule has 2 rings (SSSR count). The van der Waals surface area contributed by atoms with Crippen molar-refractivity contribution in [2.75, 3.05) is 0 Å². The molecule has 0 aromatic heterocycles. The van der Waals surface area contributed by atoms with E-state index in [1.807, 2.05) is 0 Å². The van der Waals surface area contributed by atoms with Gasteiger partial charge in [-0.3, -0.25) is 10.1 Å². The maximum Gasteiger partial charge on any atom is 0.343 e. The van der Waals surface area contributed by atoms with Crippen LogP contribution in [0.1, 0.15) is 15.9 Å². The molecular weight excluding hydrogens is 317 g/mol. The van der Waals surface area contributed by atoms with Gasteiger partial charge in [0.2, 0.25) is 0 Å². The van der Waals surface area contributed by atoms with Gasteiger partial charge in [0.15, 0.2) is 0 Å². The summed E-state index contributed by atoms with van der Waals surface area (Å²) in [7, 11) is 0. The molecule has 0 heterocycles. The van der Waals surface area contributed by atoms with E-state index >= 15 is 0 Å². The minimum atomic E-state index is -0.712. The minimum Gasteiger partial charge on any atom is -0.423 e. The van der Waals surface area contributed by atoms with Crippen molar-refractivity contribution in [3.8, 4) is 5.75 Å². The summed E-state index contributed by atoms with van der Waals surface area (Å²) in [4.78, 5) is 22.1. The van der Waals surface area contributed by atoms with Crippen molar-refractivity contribution in [3.05, 3.63) is 67.7 Å². The van der Waals surface area contributed by atoms with Crippen LogP contribution < -0.4 is 4.74 Å². The van der Waals surface area contributed by atoms with Gasteiger partial charge in [-0.15, -0.1) is 0 Å². The van der Waals surface area contributed by atoms with E-state index in [0.717, 1.165) is 11.6 Å². The molecule has 0 N–H and O–H groups in total. The fraction of sp³-hybridized carbons (Fsp3) is 0.0714. The van der Waals surface area contributed by atoms with Crippen LogP contribution in [0.15, 0.2) is 36.4 Å². The average molecular weight is 326 g/mol. The second kappa shape index (κ2) is 6.11. The van der Waals surface area contributed by atoms with Crippen molar-refractivity contribution >= 4 is 34.9 Å². The Kier molecular flexibility index (Phi) is 4.45. The lowest BCUT2D eigenvalue weighted by Crippen LogP contribution is -2.09. The van der Waals surface area contributed by atoms with Gasteiger partial charge in [-0.25, -0.2) is 4.79 Å². The van der Waals surface area contributed by atoms with Crippen LogP contribution in [0.3, 0.4) is 0 Å². The molecular formula is C14H9Cl2NO4. The monoisotopic (exact) mass is 325 g/mol. The summed E-state index contributed by atoms with van der Waals surface area (Å²) in [5, 5.41) is 11.3. The molecule has 21 heavy (non-hydrogen) atoms. The highest BCUT2D eigenvalue weighted by molar-refractivity contribution is 6.32. The maximum atomic E-state index is 12.0. The highest BCUT2D eigenvalue weighted by Gasteiger charge is 2.17. The van der Waals surface area contributed by atoms with Gasteiger partial charge in [0.1, 0.15) is 10.8 Å². The predicted molar refractivity (Wildman–Crippen MR) is 79.3 cm³/mol. The van der Waals surface area contributed by atoms with Crippen LogP contribution in [0, 0.1) is 17.0 Å². The van der Waals surface area contributed by atoms with E-state index in [1.165, 1.54) is 18.2 Å². The molecule has 0 spiro atoms. The van der Waals surface area contributed by atoms with Crippen LogP contribution in [0.5, 0.6) is 5.75 Å². The number of nitro groups is 1. The number of ether oxygens (including phenoxy) is 1. The van der Waals surface area contributed by atoms with Crippen molar-refractivity contribution in [1.29, 1.82) is 0 Å². The molecule has 0 bridgehead atoms. The van der Waals surface area contributed by atoms with Gasteiger partial charge in [0.05, 0.1) is 10.5 Å². The van der Waals surface area contributed by atoms with Crippen molar-refractivity contribution < 1.29 is 14.5 Å².